The molecule has 0 spiro atoms. The number of carbonyl (C=O) groups is 1. The molecule has 0 fully saturated rings. The van der Waals surface area contributed by atoms with Crippen molar-refractivity contribution in [2.24, 2.45) is 0 Å². The van der Waals surface area contributed by atoms with Crippen LogP contribution in [-0.4, -0.2) is 26.2 Å². The molecule has 144 valence electrons. The average Bonchev–Trinajstić information content (AvgIpc) is 2.67. The third kappa shape index (κ3) is 3.76. The highest BCUT2D eigenvalue weighted by Crippen LogP contribution is 2.40. The Balaban J connectivity index is 0.00000210. The number of nitrogen functional groups attached to an aromatic ring is 1. The van der Waals surface area contributed by atoms with Gasteiger partial charge in [-0.1, -0.05) is 6.07 Å². The lowest BCUT2D eigenvalue weighted by Crippen LogP contribution is -2.31. The van der Waals surface area contributed by atoms with Crippen LogP contribution in [0.2, 0.25) is 0 Å². The van der Waals surface area contributed by atoms with Gasteiger partial charge in [0.15, 0.2) is 11.5 Å². The van der Waals surface area contributed by atoms with Crippen molar-refractivity contribution in [2.45, 2.75) is 25.3 Å². The van der Waals surface area contributed by atoms with Crippen LogP contribution in [0.4, 0.5) is 5.69 Å². The number of aryl methyl sites for hydroxylation is 1. The summed E-state index contributed by atoms with van der Waals surface area (Å²) in [6.45, 7) is 0.926. The molecule has 0 saturated heterocycles. The Hall–Kier alpha value is -2.60. The number of carbonyl (C=O) groups excluding carboxylic acids is 1. The molecule has 27 heavy (non-hydrogen) atoms. The highest BCUT2D eigenvalue weighted by molar-refractivity contribution is 5.96. The van der Waals surface area contributed by atoms with Crippen molar-refractivity contribution >= 4 is 24.0 Å². The lowest BCUT2D eigenvalue weighted by molar-refractivity contribution is 0.0931. The molecule has 2 aliphatic rings. The molecule has 1 aliphatic heterocycles. The summed E-state index contributed by atoms with van der Waals surface area (Å²) in [5.74, 6) is 1.44. The molecule has 0 radical (unpaired) electrons. The van der Waals surface area contributed by atoms with Crippen LogP contribution in [0.15, 0.2) is 30.3 Å². The third-order valence-electron chi connectivity index (χ3n) is 4.88. The van der Waals surface area contributed by atoms with Crippen LogP contribution in [0.25, 0.3) is 0 Å². The molecule has 6 nitrogen and oxygen atoms in total. The fourth-order valence-corrected chi connectivity index (χ4v) is 3.63. The number of benzene rings is 2. The second-order valence-corrected chi connectivity index (χ2v) is 6.58. The topological polar surface area (TPSA) is 82.8 Å². The van der Waals surface area contributed by atoms with Gasteiger partial charge in [0.2, 0.25) is 5.75 Å². The van der Waals surface area contributed by atoms with Gasteiger partial charge >= 0.3 is 0 Å². The van der Waals surface area contributed by atoms with Crippen molar-refractivity contribution in [3.8, 4) is 17.2 Å². The van der Waals surface area contributed by atoms with Crippen LogP contribution in [0.3, 0.4) is 0 Å². The van der Waals surface area contributed by atoms with Crippen LogP contribution in [0, 0.1) is 0 Å². The second-order valence-electron chi connectivity index (χ2n) is 6.58. The molecule has 0 bridgehead atoms. The summed E-state index contributed by atoms with van der Waals surface area (Å²) in [4.78, 5) is 12.9. The number of nitrogens with one attached hydrogen (secondary N) is 1. The number of ether oxygens (including phenoxy) is 3. The lowest BCUT2D eigenvalue weighted by atomic mass is 9.87. The summed E-state index contributed by atoms with van der Waals surface area (Å²) in [7, 11) is 1.55. The molecule has 0 aromatic heterocycles. The quantitative estimate of drug-likeness (QED) is 0.786. The normalized spacial score (nSPS) is 17.3. The Bertz CT molecular complexity index is 839. The molecule has 7 heteroatoms. The van der Waals surface area contributed by atoms with E-state index < -0.39 is 0 Å². The number of rotatable bonds is 3. The van der Waals surface area contributed by atoms with Crippen molar-refractivity contribution in [1.82, 2.24) is 5.32 Å². The highest BCUT2D eigenvalue weighted by Gasteiger charge is 2.25. The molecular weight excluding hydrogens is 368 g/mol. The molecule has 0 saturated carbocycles. The van der Waals surface area contributed by atoms with E-state index >= 15 is 0 Å². The van der Waals surface area contributed by atoms with Gasteiger partial charge in [-0.05, 0) is 54.7 Å². The standard InChI is InChI=1S/C20H22N2O4.ClH/c1-24-17-10-13(11-18-19(17)26-8-7-25-18)20(23)22-16-4-2-3-12-9-14(21)5-6-15(12)16;/h5-6,9-11,16H,2-4,7-8,21H2,1H3,(H,22,23);1H. The number of anilines is 1. The SMILES string of the molecule is COc1cc(C(=O)NC2CCCc3cc(N)ccc32)cc2c1OCCO2.Cl. The fraction of sp³-hybridized carbons (Fsp3) is 0.350. The first kappa shape index (κ1) is 19.2. The minimum Gasteiger partial charge on any atom is -0.493 e. The van der Waals surface area contributed by atoms with Crippen LogP contribution in [0.5, 0.6) is 17.2 Å². The highest BCUT2D eigenvalue weighted by atomic mass is 35.5. The molecule has 1 heterocycles. The van der Waals surface area contributed by atoms with Crippen molar-refractivity contribution in [3.63, 3.8) is 0 Å². The molecule has 4 rings (SSSR count). The smallest absolute Gasteiger partial charge is 0.252 e. The minimum absolute atomic E-state index is 0. The largest absolute Gasteiger partial charge is 0.493 e. The zero-order valence-electron chi connectivity index (χ0n) is 15.1. The van der Waals surface area contributed by atoms with Gasteiger partial charge in [-0.15, -0.1) is 12.4 Å². The third-order valence-corrected chi connectivity index (χ3v) is 4.88. The first-order valence-corrected chi connectivity index (χ1v) is 8.82. The van der Waals surface area contributed by atoms with E-state index in [9.17, 15) is 4.79 Å². The predicted molar refractivity (Wildman–Crippen MR) is 105 cm³/mol. The van der Waals surface area contributed by atoms with Crippen molar-refractivity contribution in [3.05, 3.63) is 47.0 Å². The van der Waals surface area contributed by atoms with Crippen LogP contribution in [-0.2, 0) is 6.42 Å². The number of fused-ring (bicyclic) bond motifs is 2. The number of methoxy groups -OCH3 is 1. The van der Waals surface area contributed by atoms with E-state index in [-0.39, 0.29) is 24.4 Å². The molecule has 2 aromatic carbocycles. The number of hydrogen-bond acceptors (Lipinski definition) is 5. The summed E-state index contributed by atoms with van der Waals surface area (Å²) < 4.78 is 16.6. The second kappa shape index (κ2) is 7.96. The maximum Gasteiger partial charge on any atom is 0.252 e. The Labute approximate surface area is 164 Å². The summed E-state index contributed by atoms with van der Waals surface area (Å²) in [5.41, 5.74) is 9.49. The first-order valence-electron chi connectivity index (χ1n) is 8.82. The van der Waals surface area contributed by atoms with E-state index in [4.69, 9.17) is 19.9 Å². The van der Waals surface area contributed by atoms with Crippen LogP contribution >= 0.6 is 12.4 Å². The monoisotopic (exact) mass is 390 g/mol. The Morgan fingerprint density at radius 3 is 2.85 bits per heavy atom. The predicted octanol–water partition coefficient (Wildman–Crippen LogP) is 3.28. The van der Waals surface area contributed by atoms with Crippen LogP contribution < -0.4 is 25.3 Å². The van der Waals surface area contributed by atoms with Gasteiger partial charge in [0.05, 0.1) is 13.2 Å². The maximum atomic E-state index is 12.9. The molecule has 1 atom stereocenters. The zero-order valence-corrected chi connectivity index (χ0v) is 15.9. The number of nitrogens with two attached hydrogens (primary N) is 1. The van der Waals surface area contributed by atoms with E-state index in [1.54, 1.807) is 19.2 Å². The number of hydrogen-bond donors (Lipinski definition) is 2. The lowest BCUT2D eigenvalue weighted by Gasteiger charge is -2.27. The fourth-order valence-electron chi connectivity index (χ4n) is 3.63. The van der Waals surface area contributed by atoms with E-state index in [2.05, 4.69) is 5.32 Å². The van der Waals surface area contributed by atoms with Gasteiger partial charge in [0.25, 0.3) is 5.91 Å². The van der Waals surface area contributed by atoms with E-state index in [0.717, 1.165) is 30.5 Å². The van der Waals surface area contributed by atoms with Gasteiger partial charge in [-0.2, -0.15) is 0 Å². The molecule has 1 aliphatic carbocycles. The number of halogens is 1. The Morgan fingerprint density at radius 1 is 1.22 bits per heavy atom. The van der Waals surface area contributed by atoms with Gasteiger partial charge in [0, 0.05) is 11.3 Å². The minimum atomic E-state index is -0.157. The van der Waals surface area contributed by atoms with Crippen molar-refractivity contribution in [1.29, 1.82) is 0 Å². The molecule has 2 aromatic rings. The molecule has 1 amide bonds. The first-order chi connectivity index (χ1) is 12.7. The Morgan fingerprint density at radius 2 is 2.04 bits per heavy atom. The zero-order chi connectivity index (χ0) is 18.1. The molecule has 3 N–H and O–H groups in total. The Kier molecular flexibility index (Phi) is 5.65. The molecular formula is C20H23ClN2O4. The summed E-state index contributed by atoms with van der Waals surface area (Å²) in [5, 5.41) is 3.14. The summed E-state index contributed by atoms with van der Waals surface area (Å²) in [6, 6.07) is 9.27. The van der Waals surface area contributed by atoms with Crippen molar-refractivity contribution in [2.75, 3.05) is 26.1 Å². The average molecular weight is 391 g/mol. The summed E-state index contributed by atoms with van der Waals surface area (Å²) >= 11 is 0. The van der Waals surface area contributed by atoms with Gasteiger partial charge in [-0.25, -0.2) is 0 Å². The van der Waals surface area contributed by atoms with E-state index in [1.165, 1.54) is 5.56 Å². The van der Waals surface area contributed by atoms with Gasteiger partial charge in [-0.3, -0.25) is 4.79 Å². The maximum absolute atomic E-state index is 12.9. The summed E-state index contributed by atoms with van der Waals surface area (Å²) in [6.07, 6.45) is 2.92. The van der Waals surface area contributed by atoms with Crippen LogP contribution in [0.1, 0.15) is 40.4 Å². The van der Waals surface area contributed by atoms with E-state index in [0.29, 0.717) is 36.0 Å². The van der Waals surface area contributed by atoms with Gasteiger partial charge in [0.1, 0.15) is 13.2 Å². The van der Waals surface area contributed by atoms with Crippen molar-refractivity contribution < 1.29 is 19.0 Å². The van der Waals surface area contributed by atoms with E-state index in [1.807, 2.05) is 18.2 Å². The molecule has 1 unspecified atom stereocenters. The van der Waals surface area contributed by atoms with Gasteiger partial charge < -0.3 is 25.3 Å². The number of amides is 1.